The molecule has 1 rings (SSSR count). The first kappa shape index (κ1) is 13.5. The van der Waals surface area contributed by atoms with Crippen LogP contribution in [-0.4, -0.2) is 37.7 Å². The molecule has 0 radical (unpaired) electrons. The standard InChI is InChI=1S/C12H24N2O2/c1-12(2,16-3)9-14-11(15)7-6-10-5-4-8-13-10/h10,13H,4-9H2,1-3H3,(H,14,15). The van der Waals surface area contributed by atoms with E-state index >= 15 is 0 Å². The predicted octanol–water partition coefficient (Wildman–Crippen LogP) is 1.06. The molecular formula is C12H24N2O2. The van der Waals surface area contributed by atoms with Crippen LogP contribution < -0.4 is 10.6 Å². The van der Waals surface area contributed by atoms with Gasteiger partial charge in [0.1, 0.15) is 0 Å². The molecule has 16 heavy (non-hydrogen) atoms. The lowest BCUT2D eigenvalue weighted by Crippen LogP contribution is -2.40. The highest BCUT2D eigenvalue weighted by atomic mass is 16.5. The number of methoxy groups -OCH3 is 1. The van der Waals surface area contributed by atoms with Crippen LogP contribution >= 0.6 is 0 Å². The van der Waals surface area contributed by atoms with Gasteiger partial charge in [0.15, 0.2) is 0 Å². The molecule has 1 amide bonds. The maximum absolute atomic E-state index is 11.6. The molecule has 1 saturated heterocycles. The molecule has 0 aromatic heterocycles. The Morgan fingerprint density at radius 1 is 1.56 bits per heavy atom. The van der Waals surface area contributed by atoms with Crippen LogP contribution in [0.4, 0.5) is 0 Å². The van der Waals surface area contributed by atoms with Crippen LogP contribution in [0.1, 0.15) is 39.5 Å². The number of carbonyl (C=O) groups is 1. The van der Waals surface area contributed by atoms with Crippen LogP contribution in [-0.2, 0) is 9.53 Å². The molecule has 2 N–H and O–H groups in total. The normalized spacial score (nSPS) is 21.1. The Balaban J connectivity index is 2.10. The second-order valence-corrected chi connectivity index (χ2v) is 5.07. The third-order valence-electron chi connectivity index (χ3n) is 3.15. The predicted molar refractivity (Wildman–Crippen MR) is 64.4 cm³/mol. The van der Waals surface area contributed by atoms with E-state index in [9.17, 15) is 4.79 Å². The molecule has 0 spiro atoms. The number of ether oxygens (including phenoxy) is 1. The van der Waals surface area contributed by atoms with Crippen molar-refractivity contribution in [2.45, 2.75) is 51.2 Å². The molecule has 1 atom stereocenters. The second kappa shape index (κ2) is 6.21. The van der Waals surface area contributed by atoms with Gasteiger partial charge in [0.25, 0.3) is 0 Å². The topological polar surface area (TPSA) is 50.4 Å². The smallest absolute Gasteiger partial charge is 0.220 e. The van der Waals surface area contributed by atoms with E-state index in [-0.39, 0.29) is 11.5 Å². The van der Waals surface area contributed by atoms with Gasteiger partial charge in [-0.15, -0.1) is 0 Å². The summed E-state index contributed by atoms with van der Waals surface area (Å²) < 4.78 is 5.24. The average Bonchev–Trinajstić information content (AvgIpc) is 2.76. The lowest BCUT2D eigenvalue weighted by molar-refractivity contribution is -0.122. The van der Waals surface area contributed by atoms with Crippen LogP contribution in [0, 0.1) is 0 Å². The summed E-state index contributed by atoms with van der Waals surface area (Å²) in [5.41, 5.74) is -0.277. The summed E-state index contributed by atoms with van der Waals surface area (Å²) in [6, 6.07) is 0.543. The number of hydrogen-bond acceptors (Lipinski definition) is 3. The number of hydrogen-bond donors (Lipinski definition) is 2. The summed E-state index contributed by atoms with van der Waals surface area (Å²) in [7, 11) is 1.66. The first-order valence-electron chi connectivity index (χ1n) is 6.09. The zero-order valence-electron chi connectivity index (χ0n) is 10.6. The van der Waals surface area contributed by atoms with Crippen molar-refractivity contribution in [1.82, 2.24) is 10.6 Å². The van der Waals surface area contributed by atoms with Gasteiger partial charge in [-0.2, -0.15) is 0 Å². The fraction of sp³-hybridized carbons (Fsp3) is 0.917. The van der Waals surface area contributed by atoms with Gasteiger partial charge in [0.05, 0.1) is 5.60 Å². The summed E-state index contributed by atoms with van der Waals surface area (Å²) in [6.45, 7) is 5.60. The Morgan fingerprint density at radius 3 is 2.88 bits per heavy atom. The van der Waals surface area contributed by atoms with Crippen molar-refractivity contribution in [2.75, 3.05) is 20.2 Å². The Kier molecular flexibility index (Phi) is 5.22. The second-order valence-electron chi connectivity index (χ2n) is 5.07. The molecule has 0 bridgehead atoms. The third-order valence-corrected chi connectivity index (χ3v) is 3.15. The fourth-order valence-electron chi connectivity index (χ4n) is 1.78. The molecule has 94 valence electrons. The van der Waals surface area contributed by atoms with Crippen molar-refractivity contribution in [3.05, 3.63) is 0 Å². The van der Waals surface area contributed by atoms with E-state index < -0.39 is 0 Å². The minimum Gasteiger partial charge on any atom is -0.377 e. The molecule has 1 unspecified atom stereocenters. The van der Waals surface area contributed by atoms with Gasteiger partial charge in [-0.3, -0.25) is 4.79 Å². The van der Waals surface area contributed by atoms with Gasteiger partial charge >= 0.3 is 0 Å². The number of carbonyl (C=O) groups excluding carboxylic acids is 1. The maximum Gasteiger partial charge on any atom is 0.220 e. The van der Waals surface area contributed by atoms with Crippen molar-refractivity contribution in [3.63, 3.8) is 0 Å². The van der Waals surface area contributed by atoms with Crippen LogP contribution in [0.3, 0.4) is 0 Å². The van der Waals surface area contributed by atoms with Crippen molar-refractivity contribution >= 4 is 5.91 Å². The Labute approximate surface area is 98.1 Å². The first-order valence-corrected chi connectivity index (χ1v) is 6.09. The molecule has 0 aliphatic carbocycles. The highest BCUT2D eigenvalue weighted by molar-refractivity contribution is 5.75. The molecule has 1 fully saturated rings. The summed E-state index contributed by atoms with van der Waals surface area (Å²) in [5.74, 6) is 0.124. The van der Waals surface area contributed by atoms with Crippen LogP contribution in [0.15, 0.2) is 0 Å². The zero-order chi connectivity index (χ0) is 12.0. The third kappa shape index (κ3) is 4.94. The van der Waals surface area contributed by atoms with Crippen molar-refractivity contribution < 1.29 is 9.53 Å². The molecule has 0 aromatic rings. The van der Waals surface area contributed by atoms with Gasteiger partial charge in [-0.25, -0.2) is 0 Å². The molecule has 4 nitrogen and oxygen atoms in total. The average molecular weight is 228 g/mol. The zero-order valence-corrected chi connectivity index (χ0v) is 10.6. The van der Waals surface area contributed by atoms with E-state index in [0.29, 0.717) is 19.0 Å². The van der Waals surface area contributed by atoms with Gasteiger partial charge in [-0.1, -0.05) is 0 Å². The SMILES string of the molecule is COC(C)(C)CNC(=O)CCC1CCCN1. The van der Waals surface area contributed by atoms with Crippen LogP contribution in [0.25, 0.3) is 0 Å². The molecule has 4 heteroatoms. The molecule has 1 heterocycles. The number of nitrogens with one attached hydrogen (secondary N) is 2. The molecule has 0 saturated carbocycles. The van der Waals surface area contributed by atoms with E-state index in [0.717, 1.165) is 13.0 Å². The van der Waals surface area contributed by atoms with E-state index in [4.69, 9.17) is 4.74 Å². The Morgan fingerprint density at radius 2 is 2.31 bits per heavy atom. The highest BCUT2D eigenvalue weighted by Gasteiger charge is 2.18. The largest absolute Gasteiger partial charge is 0.377 e. The highest BCUT2D eigenvalue weighted by Crippen LogP contribution is 2.10. The number of amides is 1. The van der Waals surface area contributed by atoms with E-state index in [1.807, 2.05) is 13.8 Å². The number of rotatable bonds is 6. The van der Waals surface area contributed by atoms with Gasteiger partial charge in [0, 0.05) is 26.1 Å². The molecule has 1 aliphatic rings. The summed E-state index contributed by atoms with van der Waals surface area (Å²) in [5, 5.41) is 6.30. The molecule has 1 aliphatic heterocycles. The van der Waals surface area contributed by atoms with Gasteiger partial charge in [-0.05, 0) is 39.7 Å². The van der Waals surface area contributed by atoms with Gasteiger partial charge in [0.2, 0.25) is 5.91 Å². The minimum atomic E-state index is -0.277. The Hall–Kier alpha value is -0.610. The van der Waals surface area contributed by atoms with E-state index in [2.05, 4.69) is 10.6 Å². The Bertz CT molecular complexity index is 223. The van der Waals surface area contributed by atoms with Gasteiger partial charge < -0.3 is 15.4 Å². The van der Waals surface area contributed by atoms with Crippen LogP contribution in [0.5, 0.6) is 0 Å². The minimum absolute atomic E-state index is 0.124. The van der Waals surface area contributed by atoms with E-state index in [1.165, 1.54) is 12.8 Å². The quantitative estimate of drug-likeness (QED) is 0.714. The maximum atomic E-state index is 11.6. The molecule has 0 aromatic carbocycles. The van der Waals surface area contributed by atoms with Crippen LogP contribution in [0.2, 0.25) is 0 Å². The summed E-state index contributed by atoms with van der Waals surface area (Å²) in [4.78, 5) is 11.6. The van der Waals surface area contributed by atoms with Crippen molar-refractivity contribution in [1.29, 1.82) is 0 Å². The van der Waals surface area contributed by atoms with Crippen molar-refractivity contribution in [3.8, 4) is 0 Å². The monoisotopic (exact) mass is 228 g/mol. The fourth-order valence-corrected chi connectivity index (χ4v) is 1.78. The molecular weight excluding hydrogens is 204 g/mol. The lowest BCUT2D eigenvalue weighted by Gasteiger charge is -2.23. The van der Waals surface area contributed by atoms with E-state index in [1.54, 1.807) is 7.11 Å². The summed E-state index contributed by atoms with van der Waals surface area (Å²) >= 11 is 0. The lowest BCUT2D eigenvalue weighted by atomic mass is 10.1. The van der Waals surface area contributed by atoms with Crippen molar-refractivity contribution in [2.24, 2.45) is 0 Å². The summed E-state index contributed by atoms with van der Waals surface area (Å²) in [6.07, 6.45) is 4.00. The first-order chi connectivity index (χ1) is 7.53.